The van der Waals surface area contributed by atoms with E-state index in [-0.39, 0.29) is 22.9 Å². The number of nitrogens with zero attached hydrogens (tertiary/aromatic N) is 3. The average Bonchev–Trinajstić information content (AvgIpc) is 3.36. The maximum absolute atomic E-state index is 13.8. The molecule has 198 valence electrons. The molecule has 10 heteroatoms. The molecule has 0 aliphatic heterocycles. The number of sulfonamides is 1. The van der Waals surface area contributed by atoms with Gasteiger partial charge in [0.1, 0.15) is 23.9 Å². The molecule has 4 aromatic rings. The first-order valence-electron chi connectivity index (χ1n) is 11.9. The summed E-state index contributed by atoms with van der Waals surface area (Å²) in [4.78, 5) is 17.6. The lowest BCUT2D eigenvalue weighted by molar-refractivity contribution is -0.119. The SMILES string of the molecule is COc1ccc(OC)c(N(CC(=O)NCc2ccccc2-n2ccnc2C)S(=O)(=O)c2ccc(C)cc2)c1. The summed E-state index contributed by atoms with van der Waals surface area (Å²) >= 11 is 0. The van der Waals surface area contributed by atoms with Gasteiger partial charge in [0.05, 0.1) is 30.5 Å². The van der Waals surface area contributed by atoms with Gasteiger partial charge < -0.3 is 19.4 Å². The molecule has 1 heterocycles. The zero-order chi connectivity index (χ0) is 27.3. The number of amides is 1. The molecule has 0 bridgehead atoms. The molecule has 9 nitrogen and oxygen atoms in total. The van der Waals surface area contributed by atoms with Crippen LogP contribution in [0.25, 0.3) is 5.69 Å². The van der Waals surface area contributed by atoms with Crippen LogP contribution in [0.3, 0.4) is 0 Å². The number of aromatic nitrogens is 2. The Balaban J connectivity index is 1.66. The number of anilines is 1. The van der Waals surface area contributed by atoms with E-state index in [0.29, 0.717) is 5.75 Å². The minimum absolute atomic E-state index is 0.0571. The van der Waals surface area contributed by atoms with E-state index in [1.807, 2.05) is 48.9 Å². The molecule has 1 amide bonds. The Morgan fingerprint density at radius 2 is 1.74 bits per heavy atom. The van der Waals surface area contributed by atoms with Crippen LogP contribution in [0, 0.1) is 13.8 Å². The lowest BCUT2D eigenvalue weighted by Gasteiger charge is -2.26. The van der Waals surface area contributed by atoms with Crippen LogP contribution in [0.15, 0.2) is 84.0 Å². The molecule has 1 aromatic heterocycles. The monoisotopic (exact) mass is 534 g/mol. The number of hydrogen-bond donors (Lipinski definition) is 1. The van der Waals surface area contributed by atoms with Gasteiger partial charge in [-0.05, 0) is 49.7 Å². The number of nitrogens with one attached hydrogen (secondary N) is 1. The van der Waals surface area contributed by atoms with Crippen LogP contribution in [0.2, 0.25) is 0 Å². The Kier molecular flexibility index (Phi) is 8.02. The van der Waals surface area contributed by atoms with Gasteiger partial charge >= 0.3 is 0 Å². The maximum Gasteiger partial charge on any atom is 0.264 e. The summed E-state index contributed by atoms with van der Waals surface area (Å²) in [5.41, 5.74) is 2.84. The Bertz CT molecular complexity index is 1530. The average molecular weight is 535 g/mol. The summed E-state index contributed by atoms with van der Waals surface area (Å²) in [6.45, 7) is 3.49. The number of benzene rings is 3. The molecule has 0 fully saturated rings. The van der Waals surface area contributed by atoms with Crippen molar-refractivity contribution in [3.63, 3.8) is 0 Å². The second-order valence-electron chi connectivity index (χ2n) is 8.61. The van der Waals surface area contributed by atoms with Crippen molar-refractivity contribution < 1.29 is 22.7 Å². The summed E-state index contributed by atoms with van der Waals surface area (Å²) < 4.78 is 41.4. The van der Waals surface area contributed by atoms with Crippen molar-refractivity contribution in [1.82, 2.24) is 14.9 Å². The fraction of sp³-hybridized carbons (Fsp3) is 0.214. The van der Waals surface area contributed by atoms with Crippen LogP contribution in [-0.2, 0) is 21.4 Å². The molecular formula is C28H30N4O5S. The van der Waals surface area contributed by atoms with Gasteiger partial charge in [0.25, 0.3) is 10.0 Å². The molecule has 0 atom stereocenters. The van der Waals surface area contributed by atoms with Crippen molar-refractivity contribution in [3.8, 4) is 17.2 Å². The summed E-state index contributed by atoms with van der Waals surface area (Å²) in [7, 11) is -1.21. The first kappa shape index (κ1) is 26.7. The summed E-state index contributed by atoms with van der Waals surface area (Å²) in [5.74, 6) is 1.04. The predicted octanol–water partition coefficient (Wildman–Crippen LogP) is 4.02. The number of rotatable bonds is 10. The van der Waals surface area contributed by atoms with Crippen LogP contribution >= 0.6 is 0 Å². The van der Waals surface area contributed by atoms with E-state index in [1.54, 1.807) is 30.5 Å². The van der Waals surface area contributed by atoms with E-state index >= 15 is 0 Å². The Morgan fingerprint density at radius 3 is 2.39 bits per heavy atom. The molecule has 4 rings (SSSR count). The number of carbonyl (C=O) groups excluding carboxylic acids is 1. The largest absolute Gasteiger partial charge is 0.497 e. The lowest BCUT2D eigenvalue weighted by Crippen LogP contribution is -2.41. The molecule has 38 heavy (non-hydrogen) atoms. The quantitative estimate of drug-likeness (QED) is 0.330. The molecule has 0 saturated carbocycles. The standard InChI is InChI=1S/C28H30N4O5S/c1-20-9-12-24(13-10-20)38(34,35)32(26-17-23(36-3)11-14-27(26)37-4)19-28(33)30-18-22-7-5-6-8-25(22)31-16-15-29-21(31)2/h5-17H,18-19H2,1-4H3,(H,30,33). The van der Waals surface area contributed by atoms with Crippen LogP contribution in [0.4, 0.5) is 5.69 Å². The zero-order valence-corrected chi connectivity index (χ0v) is 22.5. The third-order valence-electron chi connectivity index (χ3n) is 6.10. The van der Waals surface area contributed by atoms with E-state index < -0.39 is 22.5 Å². The highest BCUT2D eigenvalue weighted by Gasteiger charge is 2.30. The number of aryl methyl sites for hydroxylation is 2. The van der Waals surface area contributed by atoms with Crippen molar-refractivity contribution in [2.24, 2.45) is 0 Å². The van der Waals surface area contributed by atoms with Gasteiger partial charge in [-0.1, -0.05) is 35.9 Å². The fourth-order valence-electron chi connectivity index (χ4n) is 4.04. The predicted molar refractivity (Wildman–Crippen MR) is 145 cm³/mol. The molecular weight excluding hydrogens is 504 g/mol. The fourth-order valence-corrected chi connectivity index (χ4v) is 5.46. The van der Waals surface area contributed by atoms with Crippen molar-refractivity contribution in [2.75, 3.05) is 25.1 Å². The van der Waals surface area contributed by atoms with Crippen LogP contribution < -0.4 is 19.1 Å². The number of carbonyl (C=O) groups is 1. The molecule has 0 radical (unpaired) electrons. The topological polar surface area (TPSA) is 103 Å². The smallest absolute Gasteiger partial charge is 0.264 e. The van der Waals surface area contributed by atoms with Crippen molar-refractivity contribution >= 4 is 21.6 Å². The normalized spacial score (nSPS) is 11.2. The second-order valence-corrected chi connectivity index (χ2v) is 10.5. The first-order chi connectivity index (χ1) is 18.2. The third kappa shape index (κ3) is 5.65. The van der Waals surface area contributed by atoms with Gasteiger partial charge in [-0.25, -0.2) is 13.4 Å². The van der Waals surface area contributed by atoms with Crippen molar-refractivity contribution in [3.05, 3.63) is 96.1 Å². The first-order valence-corrected chi connectivity index (χ1v) is 13.3. The van der Waals surface area contributed by atoms with Crippen LogP contribution in [0.1, 0.15) is 17.0 Å². The van der Waals surface area contributed by atoms with E-state index in [0.717, 1.165) is 26.9 Å². The Hall–Kier alpha value is -4.31. The van der Waals surface area contributed by atoms with Gasteiger partial charge in [0.15, 0.2) is 0 Å². The molecule has 0 saturated heterocycles. The molecule has 3 aromatic carbocycles. The summed E-state index contributed by atoms with van der Waals surface area (Å²) in [6, 6.07) is 18.9. The number of hydrogen-bond acceptors (Lipinski definition) is 6. The van der Waals surface area contributed by atoms with E-state index in [9.17, 15) is 13.2 Å². The lowest BCUT2D eigenvalue weighted by atomic mass is 10.1. The van der Waals surface area contributed by atoms with Gasteiger partial charge in [0, 0.05) is 25.0 Å². The Labute approximate surface area is 222 Å². The van der Waals surface area contributed by atoms with Crippen LogP contribution in [0.5, 0.6) is 11.5 Å². The number of ether oxygens (including phenoxy) is 2. The van der Waals surface area contributed by atoms with Gasteiger partial charge in [-0.15, -0.1) is 0 Å². The highest BCUT2D eigenvalue weighted by Crippen LogP contribution is 2.35. The highest BCUT2D eigenvalue weighted by molar-refractivity contribution is 7.92. The second kappa shape index (κ2) is 11.4. The minimum Gasteiger partial charge on any atom is -0.497 e. The van der Waals surface area contributed by atoms with Gasteiger partial charge in [0.2, 0.25) is 5.91 Å². The summed E-state index contributed by atoms with van der Waals surface area (Å²) in [6.07, 6.45) is 3.56. The number of para-hydroxylation sites is 1. The van der Waals surface area contributed by atoms with Crippen LogP contribution in [-0.4, -0.2) is 44.6 Å². The highest BCUT2D eigenvalue weighted by atomic mass is 32.2. The third-order valence-corrected chi connectivity index (χ3v) is 7.88. The number of methoxy groups -OCH3 is 2. The molecule has 0 unspecified atom stereocenters. The van der Waals surface area contributed by atoms with Gasteiger partial charge in [-0.3, -0.25) is 9.10 Å². The van der Waals surface area contributed by atoms with Crippen molar-refractivity contribution in [2.45, 2.75) is 25.3 Å². The molecule has 0 aliphatic carbocycles. The number of imidazole rings is 1. The van der Waals surface area contributed by atoms with E-state index in [4.69, 9.17) is 9.47 Å². The maximum atomic E-state index is 13.8. The molecule has 0 spiro atoms. The molecule has 0 aliphatic rings. The summed E-state index contributed by atoms with van der Waals surface area (Å²) in [5, 5.41) is 2.87. The zero-order valence-electron chi connectivity index (χ0n) is 21.7. The Morgan fingerprint density at radius 1 is 1.00 bits per heavy atom. The van der Waals surface area contributed by atoms with Crippen molar-refractivity contribution in [1.29, 1.82) is 0 Å². The van der Waals surface area contributed by atoms with E-state index in [1.165, 1.54) is 32.4 Å². The van der Waals surface area contributed by atoms with E-state index in [2.05, 4.69) is 10.3 Å². The minimum atomic E-state index is -4.13. The molecule has 1 N–H and O–H groups in total. The van der Waals surface area contributed by atoms with Gasteiger partial charge in [-0.2, -0.15) is 0 Å².